The van der Waals surface area contributed by atoms with Crippen molar-refractivity contribution in [2.24, 2.45) is 0 Å². The van der Waals surface area contributed by atoms with Crippen LogP contribution in [0.5, 0.6) is 0 Å². The number of carbonyl (C=O) groups is 1. The molecule has 28 heavy (non-hydrogen) atoms. The fraction of sp³-hybridized carbons (Fsp3) is 0.880. The molecular weight excluding hydrogens is 348 g/mol. The van der Waals surface area contributed by atoms with E-state index in [0.29, 0.717) is 6.79 Å². The second kappa shape index (κ2) is 26.2. The molecule has 0 amide bonds. The molecule has 0 aliphatic rings. The van der Waals surface area contributed by atoms with Crippen molar-refractivity contribution in [2.45, 2.75) is 129 Å². The molecule has 0 rings (SSSR count). The molecular formula is C25H48O3. The molecule has 0 atom stereocenters. The van der Waals surface area contributed by atoms with E-state index in [0.717, 1.165) is 38.6 Å². The molecule has 0 bridgehead atoms. The largest absolute Gasteiger partial charge is 0.475 e. The van der Waals surface area contributed by atoms with Crippen LogP contribution >= 0.6 is 0 Å². The highest BCUT2D eigenvalue weighted by Gasteiger charge is 1.93. The van der Waals surface area contributed by atoms with Gasteiger partial charge in [-0.05, 0) is 31.8 Å². The molecule has 0 N–H and O–H groups in total. The third kappa shape index (κ3) is 25.2. The number of rotatable bonds is 24. The van der Waals surface area contributed by atoms with Gasteiger partial charge in [-0.2, -0.15) is 0 Å². The highest BCUT2D eigenvalue weighted by Crippen LogP contribution is 2.11. The van der Waals surface area contributed by atoms with Crippen LogP contribution in [-0.4, -0.2) is 19.7 Å². The smallest absolute Gasteiger partial charge is 0.188 e. The number of unbranched alkanes of at least 4 members (excludes halogenated alkanes) is 17. The summed E-state index contributed by atoms with van der Waals surface area (Å²) in [5.41, 5.74) is 0. The Kier molecular flexibility index (Phi) is 25.4. The second-order valence-corrected chi connectivity index (χ2v) is 7.97. The van der Waals surface area contributed by atoms with Crippen LogP contribution in [0, 0.1) is 0 Å². The standard InChI is InChI=1S/C25H48O3/c1-2-3-4-5-6-14-17-20-23-27-25-28-24-21-18-15-12-10-8-7-9-11-13-16-19-22-26/h21-22,24H,2-20,23,25H2,1H3. The average Bonchev–Trinajstić information content (AvgIpc) is 2.71. The summed E-state index contributed by atoms with van der Waals surface area (Å²) in [4.78, 5) is 10.2. The lowest BCUT2D eigenvalue weighted by molar-refractivity contribution is -0.107. The Labute approximate surface area is 175 Å². The minimum atomic E-state index is 0.389. The van der Waals surface area contributed by atoms with Gasteiger partial charge < -0.3 is 14.3 Å². The maximum Gasteiger partial charge on any atom is 0.188 e. The van der Waals surface area contributed by atoms with Gasteiger partial charge in [0.25, 0.3) is 0 Å². The highest BCUT2D eigenvalue weighted by atomic mass is 16.7. The Hall–Kier alpha value is -0.830. The van der Waals surface area contributed by atoms with E-state index >= 15 is 0 Å². The van der Waals surface area contributed by atoms with Crippen LogP contribution in [0.2, 0.25) is 0 Å². The van der Waals surface area contributed by atoms with Crippen molar-refractivity contribution in [3.05, 3.63) is 12.3 Å². The lowest BCUT2D eigenvalue weighted by atomic mass is 10.1. The van der Waals surface area contributed by atoms with Gasteiger partial charge in [0.2, 0.25) is 0 Å². The number of hydrogen-bond donors (Lipinski definition) is 0. The van der Waals surface area contributed by atoms with Gasteiger partial charge in [-0.15, -0.1) is 0 Å². The topological polar surface area (TPSA) is 35.5 Å². The first-order valence-electron chi connectivity index (χ1n) is 12.2. The first-order chi connectivity index (χ1) is 13.9. The zero-order chi connectivity index (χ0) is 20.4. The number of ether oxygens (including phenoxy) is 2. The fourth-order valence-electron chi connectivity index (χ4n) is 3.35. The van der Waals surface area contributed by atoms with Gasteiger partial charge in [0, 0.05) is 6.42 Å². The zero-order valence-electron chi connectivity index (χ0n) is 18.8. The van der Waals surface area contributed by atoms with Gasteiger partial charge in [0.05, 0.1) is 12.9 Å². The van der Waals surface area contributed by atoms with E-state index in [-0.39, 0.29) is 0 Å². The Morgan fingerprint density at radius 3 is 1.68 bits per heavy atom. The molecule has 0 saturated heterocycles. The Balaban J connectivity index is 3.06. The summed E-state index contributed by atoms with van der Waals surface area (Å²) in [5.74, 6) is 0. The predicted molar refractivity (Wildman–Crippen MR) is 121 cm³/mol. The number of hydrogen-bond acceptors (Lipinski definition) is 3. The van der Waals surface area contributed by atoms with Crippen molar-refractivity contribution in [1.82, 2.24) is 0 Å². The summed E-state index contributed by atoms with van der Waals surface area (Å²) in [6, 6.07) is 0. The summed E-state index contributed by atoms with van der Waals surface area (Å²) >= 11 is 0. The fourth-order valence-corrected chi connectivity index (χ4v) is 3.35. The molecule has 0 spiro atoms. The van der Waals surface area contributed by atoms with Gasteiger partial charge in [-0.25, -0.2) is 0 Å². The van der Waals surface area contributed by atoms with E-state index in [1.54, 1.807) is 6.26 Å². The molecule has 0 aliphatic carbocycles. The Morgan fingerprint density at radius 1 is 0.607 bits per heavy atom. The van der Waals surface area contributed by atoms with Crippen molar-refractivity contribution < 1.29 is 14.3 Å². The molecule has 0 saturated carbocycles. The van der Waals surface area contributed by atoms with Crippen LogP contribution in [0.1, 0.15) is 129 Å². The average molecular weight is 397 g/mol. The van der Waals surface area contributed by atoms with Gasteiger partial charge in [0.15, 0.2) is 6.79 Å². The summed E-state index contributed by atoms with van der Waals surface area (Å²) < 4.78 is 10.9. The van der Waals surface area contributed by atoms with E-state index < -0.39 is 0 Å². The zero-order valence-corrected chi connectivity index (χ0v) is 18.8. The molecule has 0 unspecified atom stereocenters. The van der Waals surface area contributed by atoms with E-state index in [1.807, 2.05) is 0 Å². The monoisotopic (exact) mass is 396 g/mol. The van der Waals surface area contributed by atoms with Crippen molar-refractivity contribution in [3.63, 3.8) is 0 Å². The Morgan fingerprint density at radius 2 is 1.11 bits per heavy atom. The SMILES string of the molecule is CCCCCCCCCCOCOC=CCCCCCCCCCCCC=O. The molecule has 0 aromatic carbocycles. The summed E-state index contributed by atoms with van der Waals surface area (Å²) in [6.07, 6.45) is 28.9. The van der Waals surface area contributed by atoms with Crippen LogP contribution in [0.25, 0.3) is 0 Å². The molecule has 0 aliphatic heterocycles. The predicted octanol–water partition coefficient (Wildman–Crippen LogP) is 8.12. The third-order valence-corrected chi connectivity index (χ3v) is 5.18. The van der Waals surface area contributed by atoms with Crippen LogP contribution in [-0.2, 0) is 14.3 Å². The first kappa shape index (κ1) is 27.2. The minimum absolute atomic E-state index is 0.389. The van der Waals surface area contributed by atoms with Crippen LogP contribution < -0.4 is 0 Å². The third-order valence-electron chi connectivity index (χ3n) is 5.18. The van der Waals surface area contributed by atoms with Crippen LogP contribution in [0.15, 0.2) is 12.3 Å². The van der Waals surface area contributed by atoms with E-state index in [1.165, 1.54) is 96.3 Å². The summed E-state index contributed by atoms with van der Waals surface area (Å²) in [6.45, 7) is 3.47. The molecule has 3 heteroatoms. The Bertz CT molecular complexity index is 315. The highest BCUT2D eigenvalue weighted by molar-refractivity contribution is 5.48. The molecule has 0 aromatic heterocycles. The van der Waals surface area contributed by atoms with Crippen molar-refractivity contribution in [2.75, 3.05) is 13.4 Å². The molecule has 166 valence electrons. The number of aldehydes is 1. The molecule has 0 heterocycles. The van der Waals surface area contributed by atoms with Gasteiger partial charge in [-0.1, -0.05) is 96.8 Å². The van der Waals surface area contributed by atoms with Crippen LogP contribution in [0.4, 0.5) is 0 Å². The molecule has 0 radical (unpaired) electrons. The summed E-state index contributed by atoms with van der Waals surface area (Å²) in [5, 5.41) is 0. The number of allylic oxidation sites excluding steroid dienone is 1. The molecule has 0 fully saturated rings. The second-order valence-electron chi connectivity index (χ2n) is 7.97. The molecule has 0 aromatic rings. The lowest BCUT2D eigenvalue weighted by Gasteiger charge is -2.04. The van der Waals surface area contributed by atoms with E-state index in [9.17, 15) is 4.79 Å². The van der Waals surface area contributed by atoms with Crippen molar-refractivity contribution in [1.29, 1.82) is 0 Å². The van der Waals surface area contributed by atoms with E-state index in [4.69, 9.17) is 9.47 Å². The molecule has 3 nitrogen and oxygen atoms in total. The van der Waals surface area contributed by atoms with Crippen LogP contribution in [0.3, 0.4) is 0 Å². The quantitative estimate of drug-likeness (QED) is 0.0715. The first-order valence-corrected chi connectivity index (χ1v) is 12.2. The minimum Gasteiger partial charge on any atom is -0.475 e. The normalized spacial score (nSPS) is 11.3. The van der Waals surface area contributed by atoms with Crippen molar-refractivity contribution >= 4 is 6.29 Å². The van der Waals surface area contributed by atoms with E-state index in [2.05, 4.69) is 13.0 Å². The van der Waals surface area contributed by atoms with Gasteiger partial charge >= 0.3 is 0 Å². The van der Waals surface area contributed by atoms with Gasteiger partial charge in [-0.3, -0.25) is 0 Å². The summed E-state index contributed by atoms with van der Waals surface area (Å²) in [7, 11) is 0. The van der Waals surface area contributed by atoms with Gasteiger partial charge in [0.1, 0.15) is 6.29 Å². The number of carbonyl (C=O) groups excluding carboxylic acids is 1. The van der Waals surface area contributed by atoms with Crippen molar-refractivity contribution in [3.8, 4) is 0 Å². The maximum atomic E-state index is 10.2. The lowest BCUT2D eigenvalue weighted by Crippen LogP contribution is -1.98. The maximum absolute atomic E-state index is 10.2.